The van der Waals surface area contributed by atoms with Gasteiger partial charge >= 0.3 is 11.9 Å². The molecule has 0 saturated heterocycles. The van der Waals surface area contributed by atoms with Gasteiger partial charge in [0.15, 0.2) is 0 Å². The molecule has 0 fully saturated rings. The lowest BCUT2D eigenvalue weighted by Gasteiger charge is -2.16. The van der Waals surface area contributed by atoms with Crippen LogP contribution in [0.2, 0.25) is 0 Å². The Morgan fingerprint density at radius 1 is 1.42 bits per heavy atom. The third kappa shape index (κ3) is 3.45. The average Bonchev–Trinajstić information content (AvgIpc) is 2.38. The molecular formula is C13H15N3O3. The van der Waals surface area contributed by atoms with E-state index in [0.29, 0.717) is 11.3 Å². The van der Waals surface area contributed by atoms with Gasteiger partial charge < -0.3 is 15.0 Å². The molecule has 0 unspecified atom stereocenters. The van der Waals surface area contributed by atoms with Crippen LogP contribution < -0.4 is 10.2 Å². The minimum Gasteiger partial charge on any atom is -0.459 e. The number of benzene rings is 1. The highest BCUT2D eigenvalue weighted by molar-refractivity contribution is 6.37. The first-order valence-corrected chi connectivity index (χ1v) is 5.69. The summed E-state index contributed by atoms with van der Waals surface area (Å²) >= 11 is 0. The van der Waals surface area contributed by atoms with Crippen LogP contribution in [0.3, 0.4) is 0 Å². The number of hydrogen-bond donors (Lipinski definition) is 1. The van der Waals surface area contributed by atoms with Crippen LogP contribution in [-0.4, -0.2) is 32.6 Å². The van der Waals surface area contributed by atoms with Crippen LogP contribution in [0.15, 0.2) is 18.2 Å². The number of hydrogen-bond acceptors (Lipinski definition) is 5. The van der Waals surface area contributed by atoms with E-state index in [9.17, 15) is 9.59 Å². The van der Waals surface area contributed by atoms with Gasteiger partial charge in [-0.3, -0.25) is 4.79 Å². The van der Waals surface area contributed by atoms with Crippen molar-refractivity contribution in [1.29, 1.82) is 5.26 Å². The van der Waals surface area contributed by atoms with Gasteiger partial charge in [0, 0.05) is 14.1 Å². The zero-order chi connectivity index (χ0) is 14.4. The largest absolute Gasteiger partial charge is 0.459 e. The third-order valence-electron chi connectivity index (χ3n) is 2.35. The van der Waals surface area contributed by atoms with Gasteiger partial charge in [0.25, 0.3) is 0 Å². The van der Waals surface area contributed by atoms with Crippen LogP contribution in [0, 0.1) is 11.3 Å². The number of amides is 1. The molecule has 100 valence electrons. The predicted octanol–water partition coefficient (Wildman–Crippen LogP) is 1.13. The second-order valence-electron chi connectivity index (χ2n) is 3.88. The number of rotatable bonds is 3. The van der Waals surface area contributed by atoms with Gasteiger partial charge in [-0.05, 0) is 19.1 Å². The average molecular weight is 261 g/mol. The first-order chi connectivity index (χ1) is 9.01. The van der Waals surface area contributed by atoms with Gasteiger partial charge in [-0.2, -0.15) is 5.26 Å². The Kier molecular flexibility index (Phi) is 4.89. The molecule has 6 heteroatoms. The predicted molar refractivity (Wildman–Crippen MR) is 70.7 cm³/mol. The molecular weight excluding hydrogens is 246 g/mol. The van der Waals surface area contributed by atoms with E-state index < -0.39 is 11.9 Å². The van der Waals surface area contributed by atoms with Crippen LogP contribution >= 0.6 is 0 Å². The first-order valence-electron chi connectivity index (χ1n) is 5.69. The number of nitrogens with one attached hydrogen (secondary N) is 1. The molecule has 0 radical (unpaired) electrons. The Labute approximate surface area is 111 Å². The molecule has 1 amide bonds. The van der Waals surface area contributed by atoms with Crippen molar-refractivity contribution in [3.63, 3.8) is 0 Å². The second kappa shape index (κ2) is 6.40. The quantitative estimate of drug-likeness (QED) is 0.651. The maximum atomic E-state index is 11.5. The van der Waals surface area contributed by atoms with Crippen molar-refractivity contribution in [2.75, 3.05) is 30.9 Å². The number of esters is 1. The van der Waals surface area contributed by atoms with Crippen molar-refractivity contribution >= 4 is 23.3 Å². The molecule has 0 heterocycles. The maximum Gasteiger partial charge on any atom is 0.397 e. The maximum absolute atomic E-state index is 11.5. The fraction of sp³-hybridized carbons (Fsp3) is 0.308. The minimum atomic E-state index is -0.971. The van der Waals surface area contributed by atoms with Crippen LogP contribution in [0.25, 0.3) is 0 Å². The van der Waals surface area contributed by atoms with E-state index in [1.54, 1.807) is 44.1 Å². The highest BCUT2D eigenvalue weighted by Crippen LogP contribution is 2.25. The molecule has 0 aliphatic heterocycles. The normalized spacial score (nSPS) is 9.37. The Balaban J connectivity index is 3.03. The highest BCUT2D eigenvalue weighted by Gasteiger charge is 2.18. The van der Waals surface area contributed by atoms with Crippen LogP contribution in [0.4, 0.5) is 11.4 Å². The lowest BCUT2D eigenvalue weighted by Crippen LogP contribution is -2.25. The Morgan fingerprint density at radius 3 is 2.63 bits per heavy atom. The summed E-state index contributed by atoms with van der Waals surface area (Å²) in [7, 11) is 3.57. The van der Waals surface area contributed by atoms with Crippen LogP contribution in [-0.2, 0) is 14.3 Å². The molecule has 0 aliphatic rings. The Morgan fingerprint density at radius 2 is 2.11 bits per heavy atom. The van der Waals surface area contributed by atoms with Crippen molar-refractivity contribution < 1.29 is 14.3 Å². The van der Waals surface area contributed by atoms with Gasteiger partial charge in [0.2, 0.25) is 0 Å². The number of carbonyl (C=O) groups is 2. The van der Waals surface area contributed by atoms with Crippen molar-refractivity contribution in [3.8, 4) is 6.07 Å². The number of carbonyl (C=O) groups excluding carboxylic acids is 2. The third-order valence-corrected chi connectivity index (χ3v) is 2.35. The molecule has 1 aromatic carbocycles. The fourth-order valence-electron chi connectivity index (χ4n) is 1.50. The van der Waals surface area contributed by atoms with E-state index in [1.165, 1.54) is 0 Å². The SMILES string of the molecule is CCOC(=O)C(=O)Nc1cccc(N(C)C)c1C#N. The van der Waals surface area contributed by atoms with E-state index in [-0.39, 0.29) is 12.3 Å². The van der Waals surface area contributed by atoms with Crippen LogP contribution in [0.1, 0.15) is 12.5 Å². The Bertz CT molecular complexity index is 532. The molecule has 0 bridgehead atoms. The van der Waals surface area contributed by atoms with E-state index >= 15 is 0 Å². The smallest absolute Gasteiger partial charge is 0.397 e. The summed E-state index contributed by atoms with van der Waals surface area (Å²) in [6.07, 6.45) is 0. The van der Waals surface area contributed by atoms with Gasteiger partial charge in [-0.15, -0.1) is 0 Å². The van der Waals surface area contributed by atoms with Gasteiger partial charge in [0.05, 0.1) is 23.5 Å². The molecule has 0 aliphatic carbocycles. The summed E-state index contributed by atoms with van der Waals surface area (Å²) in [5.41, 5.74) is 1.24. The summed E-state index contributed by atoms with van der Waals surface area (Å²) in [5.74, 6) is -1.86. The van der Waals surface area contributed by atoms with E-state index in [0.717, 1.165) is 0 Å². The summed E-state index contributed by atoms with van der Waals surface area (Å²) in [4.78, 5) is 24.5. The topological polar surface area (TPSA) is 82.4 Å². The number of nitrogens with zero attached hydrogens (tertiary/aromatic N) is 2. The zero-order valence-electron chi connectivity index (χ0n) is 11.1. The monoisotopic (exact) mass is 261 g/mol. The molecule has 1 aromatic rings. The molecule has 1 rings (SSSR count). The first kappa shape index (κ1) is 14.5. The van der Waals surface area contributed by atoms with Gasteiger partial charge in [-0.25, -0.2) is 4.79 Å². The molecule has 0 saturated carbocycles. The minimum absolute atomic E-state index is 0.120. The van der Waals surface area contributed by atoms with Crippen LogP contribution in [0.5, 0.6) is 0 Å². The van der Waals surface area contributed by atoms with E-state index in [1.807, 2.05) is 6.07 Å². The molecule has 0 atom stereocenters. The van der Waals surface area contributed by atoms with Crippen molar-refractivity contribution in [3.05, 3.63) is 23.8 Å². The van der Waals surface area contributed by atoms with Gasteiger partial charge in [0.1, 0.15) is 6.07 Å². The zero-order valence-corrected chi connectivity index (χ0v) is 11.1. The lowest BCUT2D eigenvalue weighted by atomic mass is 10.1. The van der Waals surface area contributed by atoms with E-state index in [4.69, 9.17) is 5.26 Å². The molecule has 6 nitrogen and oxygen atoms in total. The summed E-state index contributed by atoms with van der Waals surface area (Å²) in [6.45, 7) is 1.73. The molecule has 1 N–H and O–H groups in total. The molecule has 0 aromatic heterocycles. The molecule has 19 heavy (non-hydrogen) atoms. The van der Waals surface area contributed by atoms with Crippen molar-refractivity contribution in [2.45, 2.75) is 6.92 Å². The number of nitriles is 1. The van der Waals surface area contributed by atoms with E-state index in [2.05, 4.69) is 10.1 Å². The number of anilines is 2. The van der Waals surface area contributed by atoms with Gasteiger partial charge in [-0.1, -0.05) is 6.07 Å². The summed E-state index contributed by atoms with van der Waals surface area (Å²) in [6, 6.07) is 7.01. The standard InChI is InChI=1S/C13H15N3O3/c1-4-19-13(18)12(17)15-10-6-5-7-11(16(2)3)9(10)8-14/h5-7H,4H2,1-3H3,(H,15,17). The van der Waals surface area contributed by atoms with Crippen molar-refractivity contribution in [1.82, 2.24) is 0 Å². The molecule has 0 spiro atoms. The Hall–Kier alpha value is -2.55. The fourth-order valence-corrected chi connectivity index (χ4v) is 1.50. The van der Waals surface area contributed by atoms with Crippen molar-refractivity contribution in [2.24, 2.45) is 0 Å². The highest BCUT2D eigenvalue weighted by atomic mass is 16.5. The second-order valence-corrected chi connectivity index (χ2v) is 3.88. The lowest BCUT2D eigenvalue weighted by molar-refractivity contribution is -0.152. The number of ether oxygens (including phenoxy) is 1. The summed E-state index contributed by atoms with van der Waals surface area (Å²) < 4.78 is 4.58. The summed E-state index contributed by atoms with van der Waals surface area (Å²) in [5, 5.41) is 11.5.